The monoisotopic (exact) mass is 395 g/mol. The molecule has 6 heteroatoms. The number of carbonyl (C=O) groups excluding carboxylic acids is 1. The lowest BCUT2D eigenvalue weighted by atomic mass is 10.1. The lowest BCUT2D eigenvalue weighted by Gasteiger charge is -2.10. The summed E-state index contributed by atoms with van der Waals surface area (Å²) in [4.78, 5) is 24.4. The lowest BCUT2D eigenvalue weighted by molar-refractivity contribution is 0.0945. The third-order valence-electron chi connectivity index (χ3n) is 3.43. The Bertz CT molecular complexity index is 782. The van der Waals surface area contributed by atoms with E-state index in [9.17, 15) is 9.59 Å². The molecule has 0 radical (unpaired) electrons. The first-order chi connectivity index (χ1) is 11.4. The molecule has 5 nitrogen and oxygen atoms in total. The van der Waals surface area contributed by atoms with E-state index in [-0.39, 0.29) is 5.56 Å². The second-order valence-corrected chi connectivity index (χ2v) is 6.99. The van der Waals surface area contributed by atoms with Crippen molar-refractivity contribution in [2.75, 3.05) is 13.2 Å². The van der Waals surface area contributed by atoms with Crippen LogP contribution in [0, 0.1) is 5.92 Å². The van der Waals surface area contributed by atoms with Crippen molar-refractivity contribution in [1.82, 2.24) is 5.32 Å². The summed E-state index contributed by atoms with van der Waals surface area (Å²) >= 11 is 3.42. The minimum absolute atomic E-state index is 0.000702. The highest BCUT2D eigenvalue weighted by molar-refractivity contribution is 9.10. The van der Waals surface area contributed by atoms with Crippen LogP contribution in [0.2, 0.25) is 0 Å². The zero-order chi connectivity index (χ0) is 17.7. The van der Waals surface area contributed by atoms with Gasteiger partial charge >= 0.3 is 5.63 Å². The Morgan fingerprint density at radius 1 is 1.33 bits per heavy atom. The fraction of sp³-hybridized carbons (Fsp3) is 0.444. The molecule has 2 rings (SSSR count). The molecule has 1 heterocycles. The van der Waals surface area contributed by atoms with Crippen molar-refractivity contribution in [3.05, 3.63) is 38.7 Å². The van der Waals surface area contributed by atoms with Gasteiger partial charge < -0.3 is 14.5 Å². The van der Waals surface area contributed by atoms with Gasteiger partial charge in [-0.1, -0.05) is 43.1 Å². The fourth-order valence-electron chi connectivity index (χ4n) is 2.15. The van der Waals surface area contributed by atoms with Crippen molar-refractivity contribution in [2.45, 2.75) is 33.6 Å². The molecule has 0 fully saturated rings. The van der Waals surface area contributed by atoms with Crippen LogP contribution in [0.4, 0.5) is 0 Å². The minimum Gasteiger partial charge on any atom is -0.490 e. The van der Waals surface area contributed by atoms with E-state index in [0.717, 1.165) is 17.3 Å². The third kappa shape index (κ3) is 4.60. The number of hydrogen-bond donors (Lipinski definition) is 1. The third-order valence-corrected chi connectivity index (χ3v) is 3.89. The van der Waals surface area contributed by atoms with Crippen molar-refractivity contribution in [2.24, 2.45) is 5.92 Å². The van der Waals surface area contributed by atoms with Crippen LogP contribution in [0.25, 0.3) is 11.0 Å². The Morgan fingerprint density at radius 2 is 2.08 bits per heavy atom. The highest BCUT2D eigenvalue weighted by Crippen LogP contribution is 2.30. The Hall–Kier alpha value is -1.82. The predicted octanol–water partition coefficient (Wildman–Crippen LogP) is 4.12. The number of halogens is 1. The molecule has 1 aromatic carbocycles. The number of rotatable bonds is 7. The van der Waals surface area contributed by atoms with Crippen LogP contribution in [-0.4, -0.2) is 19.1 Å². The summed E-state index contributed by atoms with van der Waals surface area (Å²) in [6, 6.07) is 5.11. The van der Waals surface area contributed by atoms with E-state index < -0.39 is 11.5 Å². The Morgan fingerprint density at radius 3 is 2.75 bits per heavy atom. The van der Waals surface area contributed by atoms with E-state index >= 15 is 0 Å². The molecule has 130 valence electrons. The maximum Gasteiger partial charge on any atom is 0.349 e. The fourth-order valence-corrected chi connectivity index (χ4v) is 2.61. The van der Waals surface area contributed by atoms with E-state index in [0.29, 0.717) is 35.8 Å². The van der Waals surface area contributed by atoms with E-state index in [4.69, 9.17) is 9.15 Å². The average Bonchev–Trinajstić information content (AvgIpc) is 2.52. The van der Waals surface area contributed by atoms with Gasteiger partial charge in [0.05, 0.1) is 6.61 Å². The molecule has 0 atom stereocenters. The number of carbonyl (C=O) groups is 1. The van der Waals surface area contributed by atoms with Crippen molar-refractivity contribution in [1.29, 1.82) is 0 Å². The number of amides is 1. The van der Waals surface area contributed by atoms with Crippen LogP contribution in [0.5, 0.6) is 5.75 Å². The number of nitrogens with one attached hydrogen (secondary N) is 1. The van der Waals surface area contributed by atoms with Gasteiger partial charge in [-0.15, -0.1) is 0 Å². The molecular formula is C18H22BrNO4. The molecule has 2 aromatic rings. The van der Waals surface area contributed by atoms with Gasteiger partial charge in [-0.3, -0.25) is 4.79 Å². The lowest BCUT2D eigenvalue weighted by Crippen LogP contribution is -2.31. The molecular weight excluding hydrogens is 374 g/mol. The summed E-state index contributed by atoms with van der Waals surface area (Å²) in [7, 11) is 0. The molecule has 1 N–H and O–H groups in total. The van der Waals surface area contributed by atoms with Crippen molar-refractivity contribution in [3.63, 3.8) is 0 Å². The number of fused-ring (bicyclic) bond motifs is 1. The summed E-state index contributed by atoms with van der Waals surface area (Å²) in [5.41, 5.74) is -0.299. The minimum atomic E-state index is -0.661. The Kier molecular flexibility index (Phi) is 6.43. The maximum absolute atomic E-state index is 12.2. The summed E-state index contributed by atoms with van der Waals surface area (Å²) in [5, 5.41) is 3.38. The largest absolute Gasteiger partial charge is 0.490 e. The number of ether oxygens (including phenoxy) is 1. The van der Waals surface area contributed by atoms with Gasteiger partial charge in [0.25, 0.3) is 5.91 Å². The van der Waals surface area contributed by atoms with E-state index in [2.05, 4.69) is 28.2 Å². The molecule has 0 aliphatic rings. The van der Waals surface area contributed by atoms with Crippen LogP contribution >= 0.6 is 15.9 Å². The molecule has 0 aliphatic carbocycles. The Labute approximate surface area is 149 Å². The van der Waals surface area contributed by atoms with Gasteiger partial charge in [0.2, 0.25) is 0 Å². The normalized spacial score (nSPS) is 11.0. The van der Waals surface area contributed by atoms with E-state index in [1.165, 1.54) is 0 Å². The molecule has 0 saturated carbocycles. The van der Waals surface area contributed by atoms with Gasteiger partial charge in [0, 0.05) is 16.4 Å². The SMILES string of the molecule is CCCCOc1cc(Br)cc2cc(C(=O)NCC(C)C)c(=O)oc12. The summed E-state index contributed by atoms with van der Waals surface area (Å²) in [5.74, 6) is 0.376. The molecule has 0 saturated heterocycles. The highest BCUT2D eigenvalue weighted by Gasteiger charge is 2.16. The van der Waals surface area contributed by atoms with Crippen LogP contribution < -0.4 is 15.7 Å². The van der Waals surface area contributed by atoms with Gasteiger partial charge in [-0.2, -0.15) is 0 Å². The molecule has 24 heavy (non-hydrogen) atoms. The topological polar surface area (TPSA) is 68.5 Å². The molecule has 0 unspecified atom stereocenters. The van der Waals surface area contributed by atoms with Crippen molar-refractivity contribution < 1.29 is 13.9 Å². The molecule has 0 aliphatic heterocycles. The van der Waals surface area contributed by atoms with Gasteiger partial charge in [-0.25, -0.2) is 4.79 Å². The zero-order valence-electron chi connectivity index (χ0n) is 14.1. The van der Waals surface area contributed by atoms with Gasteiger partial charge in [-0.05, 0) is 30.5 Å². The van der Waals surface area contributed by atoms with Crippen LogP contribution in [0.1, 0.15) is 44.0 Å². The quantitative estimate of drug-likeness (QED) is 0.565. The second kappa shape index (κ2) is 8.33. The van der Waals surface area contributed by atoms with Crippen molar-refractivity contribution >= 4 is 32.8 Å². The number of hydrogen-bond acceptors (Lipinski definition) is 4. The standard InChI is InChI=1S/C18H22BrNO4/c1-4-5-6-23-15-9-13(19)7-12-8-14(18(22)24-16(12)15)17(21)20-10-11(2)3/h7-9,11H,4-6,10H2,1-3H3,(H,20,21). The maximum atomic E-state index is 12.2. The molecule has 0 bridgehead atoms. The first-order valence-electron chi connectivity index (χ1n) is 8.10. The Balaban J connectivity index is 2.39. The van der Waals surface area contributed by atoms with Crippen molar-refractivity contribution in [3.8, 4) is 5.75 Å². The number of unbranched alkanes of at least 4 members (excludes halogenated alkanes) is 1. The number of benzene rings is 1. The molecule has 0 spiro atoms. The first-order valence-corrected chi connectivity index (χ1v) is 8.90. The zero-order valence-corrected chi connectivity index (χ0v) is 15.7. The predicted molar refractivity (Wildman–Crippen MR) is 97.8 cm³/mol. The summed E-state index contributed by atoms with van der Waals surface area (Å²) < 4.78 is 11.9. The van der Waals surface area contributed by atoms with Gasteiger partial charge in [0.15, 0.2) is 11.3 Å². The summed E-state index contributed by atoms with van der Waals surface area (Å²) in [6.07, 6.45) is 1.92. The van der Waals surface area contributed by atoms with E-state index in [1.54, 1.807) is 18.2 Å². The molecule has 1 amide bonds. The van der Waals surface area contributed by atoms with Crippen LogP contribution in [0.3, 0.4) is 0 Å². The van der Waals surface area contributed by atoms with Crippen LogP contribution in [0.15, 0.2) is 31.9 Å². The second-order valence-electron chi connectivity index (χ2n) is 6.08. The smallest absolute Gasteiger partial charge is 0.349 e. The summed E-state index contributed by atoms with van der Waals surface area (Å²) in [6.45, 7) is 7.09. The molecule has 1 aromatic heterocycles. The van der Waals surface area contributed by atoms with Crippen LogP contribution in [-0.2, 0) is 0 Å². The average molecular weight is 396 g/mol. The first kappa shape index (κ1) is 18.5. The highest BCUT2D eigenvalue weighted by atomic mass is 79.9. The van der Waals surface area contributed by atoms with E-state index in [1.807, 2.05) is 13.8 Å². The van der Waals surface area contributed by atoms with Gasteiger partial charge in [0.1, 0.15) is 5.56 Å².